The van der Waals surface area contributed by atoms with E-state index in [1.165, 1.54) is 63.0 Å². The van der Waals surface area contributed by atoms with Gasteiger partial charge in [-0.1, -0.05) is 120 Å². The van der Waals surface area contributed by atoms with E-state index in [-0.39, 0.29) is 16.2 Å². The fourth-order valence-electron chi connectivity index (χ4n) is 7.49. The molecule has 0 amide bonds. The van der Waals surface area contributed by atoms with Crippen molar-refractivity contribution >= 4 is 17.1 Å². The lowest BCUT2D eigenvalue weighted by Crippen LogP contribution is -2.33. The number of rotatable bonds is 4. The molecule has 0 atom stereocenters. The fourth-order valence-corrected chi connectivity index (χ4v) is 7.49. The Morgan fingerprint density at radius 1 is 0.452 bits per heavy atom. The van der Waals surface area contributed by atoms with Crippen LogP contribution < -0.4 is 4.90 Å². The van der Waals surface area contributed by atoms with Crippen molar-refractivity contribution in [1.29, 1.82) is 0 Å². The maximum Gasteiger partial charge on any atom is 0.0543 e. The van der Waals surface area contributed by atoms with Crippen molar-refractivity contribution in [3.05, 3.63) is 138 Å². The molecule has 0 radical (unpaired) electrons. The molecule has 0 saturated carbocycles. The second-order valence-electron chi connectivity index (χ2n) is 14.1. The minimum absolute atomic E-state index is 0.0832. The van der Waals surface area contributed by atoms with E-state index in [1.807, 2.05) is 0 Å². The maximum atomic E-state index is 2.52. The zero-order chi connectivity index (χ0) is 29.3. The molecule has 42 heavy (non-hydrogen) atoms. The van der Waals surface area contributed by atoms with Crippen LogP contribution in [0.2, 0.25) is 0 Å². The van der Waals surface area contributed by atoms with Crippen LogP contribution in [0.25, 0.3) is 22.3 Å². The van der Waals surface area contributed by atoms with Gasteiger partial charge in [0.2, 0.25) is 0 Å². The summed E-state index contributed by atoms with van der Waals surface area (Å²) in [6, 6.07) is 42.9. The maximum absolute atomic E-state index is 2.52. The number of hydrogen-bond acceptors (Lipinski definition) is 1. The number of hydrogen-bond donors (Lipinski definition) is 0. The highest BCUT2D eigenvalue weighted by atomic mass is 15.1. The van der Waals surface area contributed by atoms with Crippen molar-refractivity contribution in [2.45, 2.75) is 70.6 Å². The highest BCUT2D eigenvalue weighted by molar-refractivity contribution is 5.94. The quantitative estimate of drug-likeness (QED) is 0.216. The zero-order valence-electron chi connectivity index (χ0n) is 25.8. The van der Waals surface area contributed by atoms with Crippen LogP contribution in [0.5, 0.6) is 0 Å². The van der Waals surface area contributed by atoms with E-state index >= 15 is 0 Å². The molecule has 0 heterocycles. The molecule has 0 spiro atoms. The molecule has 5 aromatic rings. The molecular weight excluding hydrogens is 506 g/mol. The summed E-state index contributed by atoms with van der Waals surface area (Å²) in [7, 11) is 0. The van der Waals surface area contributed by atoms with Crippen molar-refractivity contribution in [2.75, 3.05) is 4.90 Å². The van der Waals surface area contributed by atoms with Gasteiger partial charge in [0.05, 0.1) is 5.69 Å². The summed E-state index contributed by atoms with van der Waals surface area (Å²) < 4.78 is 0. The third-order valence-electron chi connectivity index (χ3n) is 10.1. The van der Waals surface area contributed by atoms with Gasteiger partial charge in [-0.25, -0.2) is 0 Å². The van der Waals surface area contributed by atoms with Crippen LogP contribution in [0.3, 0.4) is 0 Å². The number of nitrogens with zero attached hydrogens (tertiary/aromatic N) is 1. The van der Waals surface area contributed by atoms with Crippen LogP contribution in [0.4, 0.5) is 17.1 Å². The van der Waals surface area contributed by atoms with E-state index in [1.54, 1.807) is 0 Å². The SMILES string of the molecule is CC1(C)CCC(C)(C)c2cc(-c3cc4c(cc3N(c3ccccc3)c3ccccc3)C(C)(C)c3ccccc3-4)ccc21. The van der Waals surface area contributed by atoms with Crippen molar-refractivity contribution in [2.24, 2.45) is 0 Å². The molecule has 0 N–H and O–H groups in total. The lowest BCUT2D eigenvalue weighted by Gasteiger charge is -2.42. The van der Waals surface area contributed by atoms with Gasteiger partial charge in [-0.15, -0.1) is 0 Å². The monoisotopic (exact) mass is 547 g/mol. The van der Waals surface area contributed by atoms with Gasteiger partial charge in [0.15, 0.2) is 0 Å². The Bertz CT molecular complexity index is 1750. The van der Waals surface area contributed by atoms with Gasteiger partial charge in [-0.2, -0.15) is 0 Å². The fraction of sp³-hybridized carbons (Fsp3) is 0.268. The van der Waals surface area contributed by atoms with Crippen molar-refractivity contribution in [3.63, 3.8) is 0 Å². The minimum Gasteiger partial charge on any atom is -0.310 e. The summed E-state index contributed by atoms with van der Waals surface area (Å²) in [5, 5.41) is 0. The summed E-state index contributed by atoms with van der Waals surface area (Å²) in [6.07, 6.45) is 2.42. The van der Waals surface area contributed by atoms with E-state index in [0.717, 1.165) is 11.4 Å². The lowest BCUT2D eigenvalue weighted by atomic mass is 9.63. The van der Waals surface area contributed by atoms with Gasteiger partial charge in [-0.3, -0.25) is 0 Å². The summed E-state index contributed by atoms with van der Waals surface area (Å²) >= 11 is 0. The molecule has 210 valence electrons. The van der Waals surface area contributed by atoms with Crippen LogP contribution in [0.15, 0.2) is 115 Å². The Hall–Kier alpha value is -4.10. The van der Waals surface area contributed by atoms with Crippen LogP contribution >= 0.6 is 0 Å². The Labute approximate surface area is 251 Å². The van der Waals surface area contributed by atoms with Gasteiger partial charge in [0.25, 0.3) is 0 Å². The molecule has 2 aliphatic rings. The first-order chi connectivity index (χ1) is 20.1. The molecule has 0 saturated heterocycles. The summed E-state index contributed by atoms with van der Waals surface area (Å²) in [6.45, 7) is 14.4. The van der Waals surface area contributed by atoms with E-state index in [9.17, 15) is 0 Å². The topological polar surface area (TPSA) is 3.24 Å². The van der Waals surface area contributed by atoms with Gasteiger partial charge in [0.1, 0.15) is 0 Å². The molecule has 0 bridgehead atoms. The van der Waals surface area contributed by atoms with Crippen molar-refractivity contribution in [3.8, 4) is 22.3 Å². The highest BCUT2D eigenvalue weighted by Gasteiger charge is 2.39. The number of fused-ring (bicyclic) bond motifs is 4. The van der Waals surface area contributed by atoms with Crippen molar-refractivity contribution in [1.82, 2.24) is 0 Å². The van der Waals surface area contributed by atoms with E-state index < -0.39 is 0 Å². The molecular formula is C41H41N. The van der Waals surface area contributed by atoms with Gasteiger partial charge in [0, 0.05) is 22.4 Å². The predicted molar refractivity (Wildman–Crippen MR) is 179 cm³/mol. The predicted octanol–water partition coefficient (Wildman–Crippen LogP) is 11.5. The molecule has 0 fully saturated rings. The summed E-state index contributed by atoms with van der Waals surface area (Å²) in [5.41, 5.74) is 14.9. The minimum atomic E-state index is -0.0832. The Kier molecular flexibility index (Phi) is 6.03. The third-order valence-corrected chi connectivity index (χ3v) is 10.1. The number of anilines is 3. The Morgan fingerprint density at radius 2 is 1.02 bits per heavy atom. The molecule has 0 unspecified atom stereocenters. The van der Waals surface area contributed by atoms with Crippen LogP contribution in [0, 0.1) is 0 Å². The first-order valence-electron chi connectivity index (χ1n) is 15.4. The average molecular weight is 548 g/mol. The molecule has 2 aliphatic carbocycles. The number of para-hydroxylation sites is 2. The molecule has 7 rings (SSSR count). The van der Waals surface area contributed by atoms with Gasteiger partial charge in [-0.05, 0) is 99.0 Å². The first-order valence-corrected chi connectivity index (χ1v) is 15.4. The number of benzene rings is 5. The molecule has 1 heteroatoms. The van der Waals surface area contributed by atoms with Crippen LogP contribution in [-0.2, 0) is 16.2 Å². The Morgan fingerprint density at radius 3 is 1.67 bits per heavy atom. The molecule has 0 aliphatic heterocycles. The second-order valence-corrected chi connectivity index (χ2v) is 14.1. The third kappa shape index (κ3) is 4.13. The smallest absolute Gasteiger partial charge is 0.0543 e. The zero-order valence-corrected chi connectivity index (χ0v) is 25.8. The normalized spacial score (nSPS) is 17.2. The molecule has 0 aromatic heterocycles. The second kappa shape index (κ2) is 9.46. The Balaban J connectivity index is 1.55. The summed E-state index contributed by atoms with van der Waals surface area (Å²) in [5.74, 6) is 0. The van der Waals surface area contributed by atoms with E-state index in [4.69, 9.17) is 0 Å². The first kappa shape index (κ1) is 26.8. The molecule has 5 aromatic carbocycles. The van der Waals surface area contributed by atoms with Crippen LogP contribution in [-0.4, -0.2) is 0 Å². The van der Waals surface area contributed by atoms with Gasteiger partial charge >= 0.3 is 0 Å². The average Bonchev–Trinajstić information content (AvgIpc) is 3.22. The van der Waals surface area contributed by atoms with Gasteiger partial charge < -0.3 is 4.90 Å². The molecule has 1 nitrogen and oxygen atoms in total. The standard InChI is InChI=1S/C41H41N/c1-39(2)23-24-40(3,4)37-25-28(21-22-35(37)39)32-26-33-31-19-13-14-20-34(31)41(5,6)36(33)27-38(32)42(29-15-9-7-10-16-29)30-17-11-8-12-18-30/h7-22,25-27H,23-24H2,1-6H3. The largest absolute Gasteiger partial charge is 0.310 e. The summed E-state index contributed by atoms with van der Waals surface area (Å²) in [4.78, 5) is 2.45. The van der Waals surface area contributed by atoms with Crippen molar-refractivity contribution < 1.29 is 0 Å². The van der Waals surface area contributed by atoms with Crippen LogP contribution in [0.1, 0.15) is 76.6 Å². The van der Waals surface area contributed by atoms with E-state index in [2.05, 4.69) is 162 Å². The van der Waals surface area contributed by atoms with E-state index in [0.29, 0.717) is 0 Å². The lowest BCUT2D eigenvalue weighted by molar-refractivity contribution is 0.332. The highest BCUT2D eigenvalue weighted by Crippen LogP contribution is 2.54.